The van der Waals surface area contributed by atoms with Crippen molar-refractivity contribution in [1.82, 2.24) is 35.0 Å². The molecule has 4 aromatic heterocycles. The maximum Gasteiger partial charge on any atom is 0.161 e. The predicted molar refractivity (Wildman–Crippen MR) is 156 cm³/mol. The molecule has 0 radical (unpaired) electrons. The number of aromatic nitrogens is 6. The second-order valence-corrected chi connectivity index (χ2v) is 10.2. The number of H-pyrrole nitrogens is 2. The van der Waals surface area contributed by atoms with Crippen molar-refractivity contribution in [1.29, 1.82) is 0 Å². The smallest absolute Gasteiger partial charge is 0.161 e. The molecule has 6 aromatic rings. The standard InChI is InChI=1S/C30H28FN9/c1-39-9-11-40(12-10-39)25-7-8-33-29-28(25)35-30(36-29)27-23-14-20(15-24(31)26(23)37-38-27)21-13-22(18-32-17-21)34-16-19-5-3-2-4-6-19/h2-8,13-15,17-18,34H,9-12,16H2,1H3,(H,37,38)(H,33,35,36). The largest absolute Gasteiger partial charge is 0.380 e. The van der Waals surface area contributed by atoms with Crippen LogP contribution >= 0.6 is 0 Å². The molecule has 1 aliphatic rings. The van der Waals surface area contributed by atoms with Gasteiger partial charge in [0, 0.05) is 62.3 Å². The number of piperazine rings is 1. The Morgan fingerprint density at radius 2 is 1.82 bits per heavy atom. The van der Waals surface area contributed by atoms with E-state index in [4.69, 9.17) is 4.98 Å². The van der Waals surface area contributed by atoms with E-state index in [2.05, 4.69) is 59.4 Å². The van der Waals surface area contributed by atoms with Crippen LogP contribution in [0.4, 0.5) is 15.8 Å². The number of nitrogens with one attached hydrogen (secondary N) is 3. The van der Waals surface area contributed by atoms with Gasteiger partial charge >= 0.3 is 0 Å². The summed E-state index contributed by atoms with van der Waals surface area (Å²) in [6.45, 7) is 4.49. The molecule has 0 atom stereocenters. The van der Waals surface area contributed by atoms with Gasteiger partial charge in [0.1, 0.15) is 22.5 Å². The summed E-state index contributed by atoms with van der Waals surface area (Å²) in [6, 6.07) is 17.6. The number of hydrogen-bond donors (Lipinski definition) is 3. The first-order chi connectivity index (χ1) is 19.6. The molecule has 7 rings (SSSR count). The van der Waals surface area contributed by atoms with Crippen LogP contribution in [-0.4, -0.2) is 68.3 Å². The second-order valence-electron chi connectivity index (χ2n) is 10.2. The van der Waals surface area contributed by atoms with Gasteiger partial charge in [-0.3, -0.25) is 10.1 Å². The molecule has 5 heterocycles. The third-order valence-electron chi connectivity index (χ3n) is 7.47. The number of nitrogens with zero attached hydrogens (tertiary/aromatic N) is 6. The van der Waals surface area contributed by atoms with Crippen LogP contribution < -0.4 is 10.2 Å². The molecule has 1 fully saturated rings. The van der Waals surface area contributed by atoms with Crippen LogP contribution in [0.25, 0.3) is 44.7 Å². The highest BCUT2D eigenvalue weighted by molar-refractivity contribution is 5.97. The maximum atomic E-state index is 15.3. The Balaban J connectivity index is 1.23. The van der Waals surface area contributed by atoms with Crippen molar-refractivity contribution in [3.05, 3.63) is 84.6 Å². The molecule has 1 saturated heterocycles. The minimum absolute atomic E-state index is 0.331. The average molecular weight is 534 g/mol. The van der Waals surface area contributed by atoms with Gasteiger partial charge in [-0.15, -0.1) is 0 Å². The number of fused-ring (bicyclic) bond motifs is 2. The van der Waals surface area contributed by atoms with E-state index in [-0.39, 0.29) is 5.82 Å². The molecule has 0 amide bonds. The van der Waals surface area contributed by atoms with E-state index < -0.39 is 0 Å². The number of aromatic amines is 2. The van der Waals surface area contributed by atoms with Gasteiger partial charge in [-0.2, -0.15) is 5.10 Å². The highest BCUT2D eigenvalue weighted by Crippen LogP contribution is 2.34. The van der Waals surface area contributed by atoms with Gasteiger partial charge < -0.3 is 20.1 Å². The molecule has 0 bridgehead atoms. The zero-order valence-corrected chi connectivity index (χ0v) is 22.0. The molecule has 9 nitrogen and oxygen atoms in total. The summed E-state index contributed by atoms with van der Waals surface area (Å²) in [5, 5.41) is 11.4. The molecular weight excluding hydrogens is 505 g/mol. The fourth-order valence-corrected chi connectivity index (χ4v) is 5.23. The zero-order chi connectivity index (χ0) is 27.1. The Labute approximate surface area is 230 Å². The van der Waals surface area contributed by atoms with Crippen molar-refractivity contribution in [2.24, 2.45) is 0 Å². The average Bonchev–Trinajstić information content (AvgIpc) is 3.62. The number of hydrogen-bond acceptors (Lipinski definition) is 7. The van der Waals surface area contributed by atoms with Gasteiger partial charge in [-0.05, 0) is 42.4 Å². The van der Waals surface area contributed by atoms with Crippen molar-refractivity contribution in [2.75, 3.05) is 43.4 Å². The molecule has 1 aliphatic heterocycles. The van der Waals surface area contributed by atoms with Crippen molar-refractivity contribution in [3.8, 4) is 22.6 Å². The van der Waals surface area contributed by atoms with Gasteiger partial charge in [0.25, 0.3) is 0 Å². The summed E-state index contributed by atoms with van der Waals surface area (Å²) in [7, 11) is 2.13. The van der Waals surface area contributed by atoms with Crippen LogP contribution in [0.5, 0.6) is 0 Å². The highest BCUT2D eigenvalue weighted by atomic mass is 19.1. The molecular formula is C30H28FN9. The van der Waals surface area contributed by atoms with Crippen LogP contribution in [0, 0.1) is 5.82 Å². The monoisotopic (exact) mass is 533 g/mol. The van der Waals surface area contributed by atoms with E-state index in [0.29, 0.717) is 40.2 Å². The Morgan fingerprint density at radius 3 is 2.67 bits per heavy atom. The number of halogens is 1. The van der Waals surface area contributed by atoms with Crippen LogP contribution in [0.2, 0.25) is 0 Å². The number of rotatable bonds is 6. The Hall–Kier alpha value is -4.83. The topological polar surface area (TPSA) is 102 Å². The Kier molecular flexibility index (Phi) is 6.09. The predicted octanol–water partition coefficient (Wildman–Crippen LogP) is 5.07. The van der Waals surface area contributed by atoms with Gasteiger partial charge in [0.2, 0.25) is 0 Å². The molecule has 0 unspecified atom stereocenters. The summed E-state index contributed by atoms with van der Waals surface area (Å²) in [4.78, 5) is 21.8. The van der Waals surface area contributed by atoms with Crippen LogP contribution in [0.3, 0.4) is 0 Å². The molecule has 3 N–H and O–H groups in total. The normalized spacial score (nSPS) is 14.3. The van der Waals surface area contributed by atoms with E-state index >= 15 is 4.39 Å². The number of likely N-dealkylation sites (N-methyl/N-ethyl adjacent to an activating group) is 1. The van der Waals surface area contributed by atoms with E-state index in [9.17, 15) is 0 Å². The summed E-state index contributed by atoms with van der Waals surface area (Å²) >= 11 is 0. The molecule has 0 aliphatic carbocycles. The van der Waals surface area contributed by atoms with Crippen molar-refractivity contribution in [3.63, 3.8) is 0 Å². The van der Waals surface area contributed by atoms with Gasteiger partial charge in [-0.25, -0.2) is 14.4 Å². The molecule has 10 heteroatoms. The quantitative estimate of drug-likeness (QED) is 0.275. The third kappa shape index (κ3) is 4.52. The highest BCUT2D eigenvalue weighted by Gasteiger charge is 2.21. The molecule has 200 valence electrons. The number of pyridine rings is 2. The Bertz CT molecular complexity index is 1800. The lowest BCUT2D eigenvalue weighted by Crippen LogP contribution is -2.44. The lowest BCUT2D eigenvalue weighted by molar-refractivity contribution is 0.313. The first-order valence-corrected chi connectivity index (χ1v) is 13.3. The van der Waals surface area contributed by atoms with Crippen molar-refractivity contribution < 1.29 is 4.39 Å². The number of anilines is 2. The summed E-state index contributed by atoms with van der Waals surface area (Å²) in [5.41, 5.74) is 6.91. The molecule has 2 aromatic carbocycles. The lowest BCUT2D eigenvalue weighted by atomic mass is 10.0. The van der Waals surface area contributed by atoms with Crippen LogP contribution in [0.1, 0.15) is 5.56 Å². The third-order valence-corrected chi connectivity index (χ3v) is 7.47. The minimum atomic E-state index is -0.388. The van der Waals surface area contributed by atoms with E-state index in [1.807, 2.05) is 36.4 Å². The van der Waals surface area contributed by atoms with Crippen molar-refractivity contribution >= 4 is 33.4 Å². The maximum absolute atomic E-state index is 15.3. The summed E-state index contributed by atoms with van der Waals surface area (Å²) in [6.07, 6.45) is 5.30. The van der Waals surface area contributed by atoms with Gasteiger partial charge in [0.15, 0.2) is 11.5 Å². The molecule has 0 saturated carbocycles. The Morgan fingerprint density at radius 1 is 0.975 bits per heavy atom. The van der Waals surface area contributed by atoms with Crippen LogP contribution in [0.15, 0.2) is 73.2 Å². The van der Waals surface area contributed by atoms with Crippen molar-refractivity contribution in [2.45, 2.75) is 6.54 Å². The lowest BCUT2D eigenvalue weighted by Gasteiger charge is -2.33. The van der Waals surface area contributed by atoms with Gasteiger partial charge in [-0.1, -0.05) is 30.3 Å². The van der Waals surface area contributed by atoms with E-state index in [0.717, 1.165) is 48.6 Å². The number of benzene rings is 2. The molecule has 0 spiro atoms. The second kappa shape index (κ2) is 10.0. The van der Waals surface area contributed by atoms with E-state index in [1.165, 1.54) is 11.6 Å². The summed E-state index contributed by atoms with van der Waals surface area (Å²) in [5.74, 6) is 0.157. The fourth-order valence-electron chi connectivity index (χ4n) is 5.23. The SMILES string of the molecule is CN1CCN(c2ccnc3[nH]c(-c4n[nH]c5c(F)cc(-c6cncc(NCc7ccccc7)c6)cc45)nc23)CC1. The first kappa shape index (κ1) is 24.2. The number of imidazole rings is 1. The minimum Gasteiger partial charge on any atom is -0.380 e. The van der Waals surface area contributed by atoms with Crippen LogP contribution in [-0.2, 0) is 6.54 Å². The fraction of sp³-hybridized carbons (Fsp3) is 0.200. The molecule has 40 heavy (non-hydrogen) atoms. The van der Waals surface area contributed by atoms with Gasteiger partial charge in [0.05, 0.1) is 11.4 Å². The first-order valence-electron chi connectivity index (χ1n) is 13.3. The van der Waals surface area contributed by atoms with E-state index in [1.54, 1.807) is 18.6 Å². The summed E-state index contributed by atoms with van der Waals surface area (Å²) < 4.78 is 15.3. The zero-order valence-electron chi connectivity index (χ0n) is 22.0.